The Hall–Kier alpha value is -1.01. The van der Waals surface area contributed by atoms with E-state index >= 15 is 0 Å². The minimum atomic E-state index is -0.765. The first-order valence-corrected chi connectivity index (χ1v) is 7.78. The highest BCUT2D eigenvalue weighted by molar-refractivity contribution is 6.32. The van der Waals surface area contributed by atoms with Crippen LogP contribution in [0.2, 0.25) is 5.02 Å². The molecular weight excluding hydrogens is 292 g/mol. The van der Waals surface area contributed by atoms with Gasteiger partial charge in [-0.2, -0.15) is 0 Å². The second-order valence-corrected chi connectivity index (χ2v) is 6.05. The number of fused-ring (bicyclic) bond motifs is 1. The number of nitrogens with two attached hydrogens (primary N) is 1. The number of nitrogens with zero attached hydrogens (tertiary/aromatic N) is 1. The van der Waals surface area contributed by atoms with Crippen molar-refractivity contribution in [2.75, 3.05) is 32.8 Å². The lowest BCUT2D eigenvalue weighted by Crippen LogP contribution is -2.40. The summed E-state index contributed by atoms with van der Waals surface area (Å²) < 4.78 is 11.0. The molecule has 2 atom stereocenters. The Morgan fingerprint density at radius 1 is 1.24 bits per heavy atom. The molecule has 2 unspecified atom stereocenters. The maximum Gasteiger partial charge on any atom is 0.179 e. The fourth-order valence-electron chi connectivity index (χ4n) is 2.91. The van der Waals surface area contributed by atoms with E-state index in [0.717, 1.165) is 13.1 Å². The zero-order chi connectivity index (χ0) is 14.8. The van der Waals surface area contributed by atoms with Gasteiger partial charge in [0, 0.05) is 12.6 Å². The average molecular weight is 313 g/mol. The van der Waals surface area contributed by atoms with E-state index in [1.165, 1.54) is 12.8 Å². The van der Waals surface area contributed by atoms with Gasteiger partial charge in [0.1, 0.15) is 13.2 Å². The van der Waals surface area contributed by atoms with E-state index in [1.54, 1.807) is 12.1 Å². The number of hydrogen-bond acceptors (Lipinski definition) is 5. The van der Waals surface area contributed by atoms with Crippen LogP contribution in [0.1, 0.15) is 24.5 Å². The predicted octanol–water partition coefficient (Wildman–Crippen LogP) is 1.57. The molecule has 0 aliphatic carbocycles. The van der Waals surface area contributed by atoms with E-state index < -0.39 is 6.10 Å². The van der Waals surface area contributed by atoms with Gasteiger partial charge >= 0.3 is 0 Å². The number of aliphatic hydroxyl groups excluding tert-OH is 1. The number of benzene rings is 1. The van der Waals surface area contributed by atoms with Crippen LogP contribution in [0.5, 0.6) is 11.5 Å². The first-order chi connectivity index (χ1) is 10.1. The number of aliphatic hydroxyl groups is 1. The normalized spacial score (nSPS) is 21.3. The summed E-state index contributed by atoms with van der Waals surface area (Å²) in [4.78, 5) is 2.29. The van der Waals surface area contributed by atoms with E-state index in [1.807, 2.05) is 0 Å². The Morgan fingerprint density at radius 2 is 1.95 bits per heavy atom. The van der Waals surface area contributed by atoms with E-state index in [2.05, 4.69) is 4.90 Å². The number of rotatable bonds is 4. The Balaban J connectivity index is 1.74. The van der Waals surface area contributed by atoms with Crippen molar-refractivity contribution in [3.05, 3.63) is 22.7 Å². The van der Waals surface area contributed by atoms with Gasteiger partial charge in [-0.25, -0.2) is 0 Å². The Bertz CT molecular complexity index is 506. The van der Waals surface area contributed by atoms with Crippen molar-refractivity contribution in [3.8, 4) is 11.5 Å². The van der Waals surface area contributed by atoms with Crippen LogP contribution in [0.15, 0.2) is 12.1 Å². The molecule has 0 spiro atoms. The van der Waals surface area contributed by atoms with Gasteiger partial charge < -0.3 is 25.2 Å². The van der Waals surface area contributed by atoms with Crippen LogP contribution in [0, 0.1) is 0 Å². The molecule has 3 rings (SSSR count). The van der Waals surface area contributed by atoms with Crippen LogP contribution < -0.4 is 15.2 Å². The van der Waals surface area contributed by atoms with Gasteiger partial charge in [0.2, 0.25) is 0 Å². The summed E-state index contributed by atoms with van der Waals surface area (Å²) in [6.45, 7) is 3.78. The quantitative estimate of drug-likeness (QED) is 0.883. The SMILES string of the molecule is NC(CN1CCCC1)C(O)c1cc(Cl)c2c(c1)OCCO2. The highest BCUT2D eigenvalue weighted by atomic mass is 35.5. The zero-order valence-electron chi connectivity index (χ0n) is 11.9. The highest BCUT2D eigenvalue weighted by Gasteiger charge is 2.25. The molecular formula is C15H21ClN2O3. The second kappa shape index (κ2) is 6.40. The van der Waals surface area contributed by atoms with Crippen LogP contribution >= 0.6 is 11.6 Å². The summed E-state index contributed by atoms with van der Waals surface area (Å²) in [6.07, 6.45) is 1.65. The maximum absolute atomic E-state index is 10.5. The zero-order valence-corrected chi connectivity index (χ0v) is 12.7. The van der Waals surface area contributed by atoms with Crippen LogP contribution in [0.25, 0.3) is 0 Å². The molecule has 0 bridgehead atoms. The van der Waals surface area contributed by atoms with Crippen LogP contribution in [0.4, 0.5) is 0 Å². The molecule has 2 heterocycles. The summed E-state index contributed by atoms with van der Waals surface area (Å²) in [5, 5.41) is 10.9. The Kier molecular flexibility index (Phi) is 4.54. The van der Waals surface area contributed by atoms with Crippen LogP contribution in [0.3, 0.4) is 0 Å². The molecule has 1 aromatic rings. The average Bonchev–Trinajstić information content (AvgIpc) is 2.99. The smallest absolute Gasteiger partial charge is 0.179 e. The number of halogens is 1. The molecule has 0 amide bonds. The molecule has 21 heavy (non-hydrogen) atoms. The molecule has 1 aromatic carbocycles. The third-order valence-electron chi connectivity index (χ3n) is 4.03. The van der Waals surface area contributed by atoms with Gasteiger partial charge in [-0.1, -0.05) is 11.6 Å². The van der Waals surface area contributed by atoms with Gasteiger partial charge in [-0.3, -0.25) is 0 Å². The van der Waals surface area contributed by atoms with Crippen LogP contribution in [-0.2, 0) is 0 Å². The van der Waals surface area contributed by atoms with Crippen molar-refractivity contribution in [3.63, 3.8) is 0 Å². The lowest BCUT2D eigenvalue weighted by molar-refractivity contribution is 0.124. The summed E-state index contributed by atoms with van der Waals surface area (Å²) in [6, 6.07) is 3.14. The maximum atomic E-state index is 10.5. The van der Waals surface area contributed by atoms with E-state index in [-0.39, 0.29) is 6.04 Å². The van der Waals surface area contributed by atoms with Gasteiger partial charge in [0.15, 0.2) is 11.5 Å². The molecule has 2 aliphatic heterocycles. The fraction of sp³-hybridized carbons (Fsp3) is 0.600. The van der Waals surface area contributed by atoms with Crippen LogP contribution in [-0.4, -0.2) is 48.9 Å². The molecule has 6 heteroatoms. The molecule has 0 radical (unpaired) electrons. The topological polar surface area (TPSA) is 68.0 Å². The minimum Gasteiger partial charge on any atom is -0.486 e. The molecule has 5 nitrogen and oxygen atoms in total. The Labute approximate surface area is 129 Å². The monoisotopic (exact) mass is 312 g/mol. The van der Waals surface area contributed by atoms with E-state index in [9.17, 15) is 5.11 Å². The molecule has 1 saturated heterocycles. The van der Waals surface area contributed by atoms with E-state index in [4.69, 9.17) is 26.8 Å². The van der Waals surface area contributed by atoms with Crippen molar-refractivity contribution >= 4 is 11.6 Å². The van der Waals surface area contributed by atoms with Gasteiger partial charge in [0.25, 0.3) is 0 Å². The molecule has 3 N–H and O–H groups in total. The third-order valence-corrected chi connectivity index (χ3v) is 4.31. The third kappa shape index (κ3) is 3.26. The van der Waals surface area contributed by atoms with Crippen molar-refractivity contribution in [2.24, 2.45) is 5.73 Å². The van der Waals surface area contributed by atoms with Crippen molar-refractivity contribution < 1.29 is 14.6 Å². The largest absolute Gasteiger partial charge is 0.486 e. The predicted molar refractivity (Wildman–Crippen MR) is 81.1 cm³/mol. The Morgan fingerprint density at radius 3 is 2.71 bits per heavy atom. The van der Waals surface area contributed by atoms with Crippen molar-refractivity contribution in [1.82, 2.24) is 4.90 Å². The van der Waals surface area contributed by atoms with E-state index in [0.29, 0.717) is 41.8 Å². The summed E-state index contributed by atoms with van der Waals surface area (Å²) in [5.41, 5.74) is 6.83. The lowest BCUT2D eigenvalue weighted by atomic mass is 10.0. The highest BCUT2D eigenvalue weighted by Crippen LogP contribution is 2.40. The van der Waals surface area contributed by atoms with Gasteiger partial charge in [0.05, 0.1) is 11.1 Å². The summed E-state index contributed by atoms with van der Waals surface area (Å²) in [5.74, 6) is 1.13. The number of ether oxygens (including phenoxy) is 2. The molecule has 1 fully saturated rings. The standard InChI is InChI=1S/C15H21ClN2O3/c16-11-7-10(8-13-15(11)21-6-5-20-13)14(19)12(17)9-18-3-1-2-4-18/h7-8,12,14,19H,1-6,9,17H2. The van der Waals surface area contributed by atoms with Gasteiger partial charge in [-0.15, -0.1) is 0 Å². The molecule has 116 valence electrons. The minimum absolute atomic E-state index is 0.346. The first-order valence-electron chi connectivity index (χ1n) is 7.40. The molecule has 2 aliphatic rings. The first kappa shape index (κ1) is 14.9. The fourth-order valence-corrected chi connectivity index (χ4v) is 3.19. The molecule has 0 aromatic heterocycles. The number of likely N-dealkylation sites (tertiary alicyclic amines) is 1. The van der Waals surface area contributed by atoms with Crippen molar-refractivity contribution in [1.29, 1.82) is 0 Å². The summed E-state index contributed by atoms with van der Waals surface area (Å²) in [7, 11) is 0. The number of hydrogen-bond donors (Lipinski definition) is 2. The summed E-state index contributed by atoms with van der Waals surface area (Å²) >= 11 is 6.20. The van der Waals surface area contributed by atoms with Crippen molar-refractivity contribution in [2.45, 2.75) is 25.0 Å². The second-order valence-electron chi connectivity index (χ2n) is 5.64. The van der Waals surface area contributed by atoms with Gasteiger partial charge in [-0.05, 0) is 43.6 Å². The molecule has 0 saturated carbocycles. The lowest BCUT2D eigenvalue weighted by Gasteiger charge is -2.26.